The standard InChI is InChI=1S/C18H28N2O/c1-18(2)12-7-13-19-16(18)14-20-17(21)11-6-10-15-8-4-3-5-9-15/h3-5,8-9,16,19H,6-7,10-14H2,1-2H3,(H,20,21). The van der Waals surface area contributed by atoms with Gasteiger partial charge >= 0.3 is 0 Å². The van der Waals surface area contributed by atoms with E-state index in [1.165, 1.54) is 18.4 Å². The van der Waals surface area contributed by atoms with E-state index in [4.69, 9.17) is 0 Å². The summed E-state index contributed by atoms with van der Waals surface area (Å²) in [6, 6.07) is 10.7. The molecule has 3 heteroatoms. The molecule has 2 N–H and O–H groups in total. The summed E-state index contributed by atoms with van der Waals surface area (Å²) in [5.74, 6) is 0.175. The largest absolute Gasteiger partial charge is 0.355 e. The summed E-state index contributed by atoms with van der Waals surface area (Å²) in [6.07, 6.45) is 4.96. The van der Waals surface area contributed by atoms with Gasteiger partial charge in [0.1, 0.15) is 0 Å². The molecule has 1 aliphatic rings. The monoisotopic (exact) mass is 288 g/mol. The lowest BCUT2D eigenvalue weighted by atomic mass is 9.77. The van der Waals surface area contributed by atoms with Crippen molar-refractivity contribution in [2.24, 2.45) is 5.41 Å². The maximum absolute atomic E-state index is 11.9. The number of carbonyl (C=O) groups is 1. The van der Waals surface area contributed by atoms with Crippen LogP contribution in [0, 0.1) is 5.41 Å². The van der Waals surface area contributed by atoms with Gasteiger partial charge in [-0.3, -0.25) is 4.79 Å². The highest BCUT2D eigenvalue weighted by Crippen LogP contribution is 2.29. The molecule has 0 radical (unpaired) electrons. The van der Waals surface area contributed by atoms with Crippen LogP contribution >= 0.6 is 0 Å². The Balaban J connectivity index is 1.65. The topological polar surface area (TPSA) is 41.1 Å². The van der Waals surface area contributed by atoms with Crippen LogP contribution in [0.3, 0.4) is 0 Å². The van der Waals surface area contributed by atoms with Crippen molar-refractivity contribution in [2.45, 2.75) is 52.0 Å². The van der Waals surface area contributed by atoms with Crippen molar-refractivity contribution in [1.82, 2.24) is 10.6 Å². The van der Waals surface area contributed by atoms with E-state index in [9.17, 15) is 4.79 Å². The molecule has 2 rings (SSSR count). The van der Waals surface area contributed by atoms with Crippen LogP contribution in [-0.4, -0.2) is 25.0 Å². The van der Waals surface area contributed by atoms with Gasteiger partial charge in [0.05, 0.1) is 0 Å². The van der Waals surface area contributed by atoms with Crippen LogP contribution in [0.5, 0.6) is 0 Å². The molecule has 3 nitrogen and oxygen atoms in total. The molecule has 1 saturated heterocycles. The fraction of sp³-hybridized carbons (Fsp3) is 0.611. The zero-order valence-corrected chi connectivity index (χ0v) is 13.3. The Morgan fingerprint density at radius 3 is 2.81 bits per heavy atom. The first-order valence-corrected chi connectivity index (χ1v) is 8.12. The van der Waals surface area contributed by atoms with Crippen molar-refractivity contribution in [1.29, 1.82) is 0 Å². The van der Waals surface area contributed by atoms with Gasteiger partial charge in [0.25, 0.3) is 0 Å². The van der Waals surface area contributed by atoms with Gasteiger partial charge in [-0.1, -0.05) is 44.2 Å². The highest BCUT2D eigenvalue weighted by molar-refractivity contribution is 5.75. The smallest absolute Gasteiger partial charge is 0.220 e. The Morgan fingerprint density at radius 2 is 2.10 bits per heavy atom. The van der Waals surface area contributed by atoms with Crippen molar-refractivity contribution >= 4 is 5.91 Å². The van der Waals surface area contributed by atoms with Crippen molar-refractivity contribution in [2.75, 3.05) is 13.1 Å². The van der Waals surface area contributed by atoms with E-state index in [1.54, 1.807) is 0 Å². The molecule has 1 fully saturated rings. The average Bonchev–Trinajstić information content (AvgIpc) is 2.47. The van der Waals surface area contributed by atoms with Crippen molar-refractivity contribution in [3.05, 3.63) is 35.9 Å². The van der Waals surface area contributed by atoms with Gasteiger partial charge in [-0.15, -0.1) is 0 Å². The molecule has 1 aromatic carbocycles. The van der Waals surface area contributed by atoms with E-state index in [1.807, 2.05) is 18.2 Å². The van der Waals surface area contributed by atoms with Crippen molar-refractivity contribution in [3.63, 3.8) is 0 Å². The first kappa shape index (κ1) is 16.0. The molecule has 1 aromatic rings. The minimum Gasteiger partial charge on any atom is -0.355 e. The molecule has 1 heterocycles. The van der Waals surface area contributed by atoms with E-state index in [0.717, 1.165) is 25.9 Å². The third kappa shape index (κ3) is 5.16. The van der Waals surface area contributed by atoms with E-state index < -0.39 is 0 Å². The van der Waals surface area contributed by atoms with E-state index in [-0.39, 0.29) is 11.3 Å². The van der Waals surface area contributed by atoms with Crippen LogP contribution in [-0.2, 0) is 11.2 Å². The first-order valence-electron chi connectivity index (χ1n) is 8.12. The lowest BCUT2D eigenvalue weighted by molar-refractivity contribution is -0.121. The molecule has 1 atom stereocenters. The second kappa shape index (κ2) is 7.60. The number of aryl methyl sites for hydroxylation is 1. The molecule has 1 amide bonds. The summed E-state index contributed by atoms with van der Waals surface area (Å²) >= 11 is 0. The highest BCUT2D eigenvalue weighted by atomic mass is 16.1. The molecule has 0 aromatic heterocycles. The summed E-state index contributed by atoms with van der Waals surface area (Å²) in [5, 5.41) is 6.62. The summed E-state index contributed by atoms with van der Waals surface area (Å²) in [4.78, 5) is 11.9. The normalized spacial score (nSPS) is 21.0. The Kier molecular flexibility index (Phi) is 5.80. The number of nitrogens with one attached hydrogen (secondary N) is 2. The SMILES string of the molecule is CC1(C)CCCNC1CNC(=O)CCCc1ccccc1. The fourth-order valence-corrected chi connectivity index (χ4v) is 3.02. The van der Waals surface area contributed by atoms with E-state index >= 15 is 0 Å². The molecule has 0 spiro atoms. The fourth-order valence-electron chi connectivity index (χ4n) is 3.02. The molecule has 0 bridgehead atoms. The lowest BCUT2D eigenvalue weighted by Gasteiger charge is -2.39. The molecule has 0 aliphatic carbocycles. The number of carbonyl (C=O) groups excluding carboxylic acids is 1. The number of benzene rings is 1. The third-order valence-corrected chi connectivity index (χ3v) is 4.55. The van der Waals surface area contributed by atoms with Gasteiger partial charge in [0.2, 0.25) is 5.91 Å². The molecular formula is C18H28N2O. The average molecular weight is 288 g/mol. The van der Waals surface area contributed by atoms with Crippen LogP contribution in [0.15, 0.2) is 30.3 Å². The van der Waals surface area contributed by atoms with E-state index in [0.29, 0.717) is 12.5 Å². The number of hydrogen-bond acceptors (Lipinski definition) is 2. The predicted octanol–water partition coefficient (Wildman–Crippen LogP) is 2.90. The van der Waals surface area contributed by atoms with Crippen LogP contribution in [0.2, 0.25) is 0 Å². The molecule has 21 heavy (non-hydrogen) atoms. The number of hydrogen-bond donors (Lipinski definition) is 2. The Morgan fingerprint density at radius 1 is 1.33 bits per heavy atom. The molecule has 116 valence electrons. The Labute approximate surface area is 128 Å². The first-order chi connectivity index (χ1) is 10.1. The maximum atomic E-state index is 11.9. The Hall–Kier alpha value is -1.35. The summed E-state index contributed by atoms with van der Waals surface area (Å²) in [7, 11) is 0. The number of piperidine rings is 1. The lowest BCUT2D eigenvalue weighted by Crippen LogP contribution is -2.52. The van der Waals surface area contributed by atoms with Gasteiger partial charge in [-0.2, -0.15) is 0 Å². The maximum Gasteiger partial charge on any atom is 0.220 e. The van der Waals surface area contributed by atoms with Crippen molar-refractivity contribution in [3.8, 4) is 0 Å². The van der Waals surface area contributed by atoms with Crippen molar-refractivity contribution < 1.29 is 4.79 Å². The second-order valence-corrected chi connectivity index (χ2v) is 6.74. The van der Waals surface area contributed by atoms with Gasteiger partial charge < -0.3 is 10.6 Å². The summed E-state index contributed by atoms with van der Waals surface area (Å²) < 4.78 is 0. The van der Waals surface area contributed by atoms with Crippen LogP contribution in [0.1, 0.15) is 45.1 Å². The third-order valence-electron chi connectivity index (χ3n) is 4.55. The zero-order valence-electron chi connectivity index (χ0n) is 13.3. The second-order valence-electron chi connectivity index (χ2n) is 6.74. The molecule has 0 saturated carbocycles. The minimum absolute atomic E-state index is 0.175. The van der Waals surface area contributed by atoms with Crippen LogP contribution in [0.25, 0.3) is 0 Å². The minimum atomic E-state index is 0.175. The van der Waals surface area contributed by atoms with Crippen LogP contribution in [0.4, 0.5) is 0 Å². The van der Waals surface area contributed by atoms with Gasteiger partial charge in [0, 0.05) is 19.0 Å². The number of rotatable bonds is 6. The summed E-state index contributed by atoms with van der Waals surface area (Å²) in [5.41, 5.74) is 1.58. The highest BCUT2D eigenvalue weighted by Gasteiger charge is 2.31. The van der Waals surface area contributed by atoms with Gasteiger partial charge in [-0.25, -0.2) is 0 Å². The summed E-state index contributed by atoms with van der Waals surface area (Å²) in [6.45, 7) is 6.38. The Bertz CT molecular complexity index is 442. The molecular weight excluding hydrogens is 260 g/mol. The predicted molar refractivity (Wildman–Crippen MR) is 87.2 cm³/mol. The van der Waals surface area contributed by atoms with E-state index in [2.05, 4.69) is 36.6 Å². The van der Waals surface area contributed by atoms with Crippen LogP contribution < -0.4 is 10.6 Å². The quantitative estimate of drug-likeness (QED) is 0.845. The molecule has 1 aliphatic heterocycles. The van der Waals surface area contributed by atoms with Gasteiger partial charge in [-0.05, 0) is 43.2 Å². The zero-order chi connectivity index (χ0) is 15.1. The molecule has 1 unspecified atom stereocenters. The van der Waals surface area contributed by atoms with Gasteiger partial charge in [0.15, 0.2) is 0 Å². The number of amides is 1.